The molecule has 1 aromatic carbocycles. The van der Waals surface area contributed by atoms with Crippen LogP contribution in [0.2, 0.25) is 0 Å². The largest absolute Gasteiger partial charge is 0.353 e. The lowest BCUT2D eigenvalue weighted by molar-refractivity contribution is 1.09. The Balaban J connectivity index is 1.54. The summed E-state index contributed by atoms with van der Waals surface area (Å²) in [5, 5.41) is 16.7. The van der Waals surface area contributed by atoms with E-state index in [4.69, 9.17) is 0 Å². The molecule has 0 saturated carbocycles. The molecule has 138 valence electrons. The quantitative estimate of drug-likeness (QED) is 0.421. The molecule has 6 aromatic rings. The van der Waals surface area contributed by atoms with Crippen molar-refractivity contribution in [3.05, 3.63) is 73.3 Å². The topological polar surface area (TPSA) is 98.9 Å². The van der Waals surface area contributed by atoms with Gasteiger partial charge in [-0.2, -0.15) is 10.2 Å². The summed E-state index contributed by atoms with van der Waals surface area (Å²) in [4.78, 5) is 12.5. The smallest absolute Gasteiger partial charge is 0.116 e. The summed E-state index contributed by atoms with van der Waals surface area (Å²) in [5.41, 5.74) is 7.60. The zero-order chi connectivity index (χ0) is 19.2. The molecule has 7 heteroatoms. The van der Waals surface area contributed by atoms with Gasteiger partial charge in [-0.05, 0) is 42.0 Å². The first kappa shape index (κ1) is 15.8. The molecule has 6 rings (SSSR count). The molecule has 5 heterocycles. The van der Waals surface area contributed by atoms with Crippen molar-refractivity contribution in [2.75, 3.05) is 0 Å². The van der Waals surface area contributed by atoms with Crippen molar-refractivity contribution in [2.45, 2.75) is 0 Å². The summed E-state index contributed by atoms with van der Waals surface area (Å²) in [6.07, 6.45) is 7.28. The van der Waals surface area contributed by atoms with E-state index in [0.29, 0.717) is 0 Å². The maximum atomic E-state index is 4.57. The fraction of sp³-hybridized carbons (Fsp3) is 0. The van der Waals surface area contributed by atoms with Crippen LogP contribution in [-0.2, 0) is 0 Å². The van der Waals surface area contributed by atoms with Gasteiger partial charge in [-0.1, -0.05) is 12.1 Å². The Kier molecular flexibility index (Phi) is 3.33. The van der Waals surface area contributed by atoms with Crippen LogP contribution in [0.1, 0.15) is 0 Å². The monoisotopic (exact) mass is 377 g/mol. The minimum atomic E-state index is 0.845. The predicted octanol–water partition coefficient (Wildman–Crippen LogP) is 4.56. The summed E-state index contributed by atoms with van der Waals surface area (Å²) in [6, 6.07) is 16.1. The number of benzene rings is 1. The van der Waals surface area contributed by atoms with E-state index < -0.39 is 0 Å². The molecule has 0 fully saturated rings. The van der Waals surface area contributed by atoms with Gasteiger partial charge in [0.1, 0.15) is 5.69 Å². The van der Waals surface area contributed by atoms with Gasteiger partial charge in [-0.25, -0.2) is 0 Å². The Hall–Kier alpha value is -4.26. The summed E-state index contributed by atoms with van der Waals surface area (Å²) < 4.78 is 0. The number of fused-ring (bicyclic) bond motifs is 2. The first-order chi connectivity index (χ1) is 14.4. The van der Waals surface area contributed by atoms with Gasteiger partial charge < -0.3 is 4.98 Å². The van der Waals surface area contributed by atoms with Gasteiger partial charge in [0, 0.05) is 40.4 Å². The van der Waals surface area contributed by atoms with Gasteiger partial charge >= 0.3 is 0 Å². The molecule has 0 unspecified atom stereocenters. The first-order valence-electron chi connectivity index (χ1n) is 9.23. The fourth-order valence-corrected chi connectivity index (χ4v) is 3.70. The van der Waals surface area contributed by atoms with Gasteiger partial charge in [0.2, 0.25) is 0 Å². The van der Waals surface area contributed by atoms with E-state index in [1.807, 2.05) is 42.7 Å². The zero-order valence-corrected chi connectivity index (χ0v) is 15.2. The van der Waals surface area contributed by atoms with Crippen LogP contribution in [-0.4, -0.2) is 35.3 Å². The second-order valence-electron chi connectivity index (χ2n) is 6.84. The number of nitrogens with one attached hydrogen (secondary N) is 3. The van der Waals surface area contributed by atoms with Gasteiger partial charge in [0.25, 0.3) is 0 Å². The highest BCUT2D eigenvalue weighted by atomic mass is 15.1. The third-order valence-corrected chi connectivity index (χ3v) is 5.11. The average Bonchev–Trinajstić information content (AvgIpc) is 3.52. The van der Waals surface area contributed by atoms with Crippen molar-refractivity contribution < 1.29 is 0 Å². The Morgan fingerprint density at radius 3 is 2.59 bits per heavy atom. The Bertz CT molecular complexity index is 1440. The third-order valence-electron chi connectivity index (χ3n) is 5.11. The van der Waals surface area contributed by atoms with Crippen molar-refractivity contribution in [3.63, 3.8) is 0 Å². The highest BCUT2D eigenvalue weighted by Gasteiger charge is 2.15. The third kappa shape index (κ3) is 2.52. The summed E-state index contributed by atoms with van der Waals surface area (Å²) in [7, 11) is 0. The van der Waals surface area contributed by atoms with Gasteiger partial charge in [-0.15, -0.1) is 0 Å². The molecule has 5 aromatic heterocycles. The van der Waals surface area contributed by atoms with E-state index in [1.165, 1.54) is 0 Å². The number of rotatable bonds is 3. The normalized spacial score (nSPS) is 11.4. The van der Waals surface area contributed by atoms with Crippen molar-refractivity contribution in [2.24, 2.45) is 0 Å². The van der Waals surface area contributed by atoms with E-state index in [2.05, 4.69) is 53.5 Å². The molecule has 0 saturated heterocycles. The van der Waals surface area contributed by atoms with Crippen LogP contribution in [0.3, 0.4) is 0 Å². The van der Waals surface area contributed by atoms with Crippen molar-refractivity contribution >= 4 is 21.8 Å². The molecule has 0 spiro atoms. The molecule has 7 nitrogen and oxygen atoms in total. The fourth-order valence-electron chi connectivity index (χ4n) is 3.70. The lowest BCUT2D eigenvalue weighted by atomic mass is 10.1. The van der Waals surface area contributed by atoms with Crippen molar-refractivity contribution in [3.8, 4) is 33.9 Å². The Morgan fingerprint density at radius 2 is 1.72 bits per heavy atom. The van der Waals surface area contributed by atoms with E-state index in [1.54, 1.807) is 12.4 Å². The van der Waals surface area contributed by atoms with E-state index >= 15 is 0 Å². The van der Waals surface area contributed by atoms with Crippen LogP contribution in [0.25, 0.3) is 55.7 Å². The van der Waals surface area contributed by atoms with Crippen molar-refractivity contribution in [1.82, 2.24) is 35.3 Å². The van der Waals surface area contributed by atoms with E-state index in [0.717, 1.165) is 55.7 Å². The maximum absolute atomic E-state index is 4.57. The average molecular weight is 377 g/mol. The second kappa shape index (κ2) is 6.13. The summed E-state index contributed by atoms with van der Waals surface area (Å²) >= 11 is 0. The number of H-pyrrole nitrogens is 3. The minimum Gasteiger partial charge on any atom is -0.353 e. The highest BCUT2D eigenvalue weighted by Crippen LogP contribution is 2.33. The standard InChI is InChI=1S/C22H15N7/c1-2-7-23-19(3-1)21-16-10-20(27-17(16)6-8-24-21)22-15-9-13(14-11-25-26-12-14)4-5-18(15)28-29-22/h1-12,27H,(H,25,26)(H,28,29). The Morgan fingerprint density at radius 1 is 0.759 bits per heavy atom. The molecular formula is C22H15N7. The number of pyridine rings is 2. The van der Waals surface area contributed by atoms with Crippen LogP contribution in [0.4, 0.5) is 0 Å². The molecule has 0 radical (unpaired) electrons. The molecule has 29 heavy (non-hydrogen) atoms. The molecule has 0 aliphatic rings. The number of aromatic nitrogens is 7. The molecule has 0 atom stereocenters. The lowest BCUT2D eigenvalue weighted by Gasteiger charge is -2.00. The predicted molar refractivity (Wildman–Crippen MR) is 112 cm³/mol. The van der Waals surface area contributed by atoms with Crippen LogP contribution >= 0.6 is 0 Å². The van der Waals surface area contributed by atoms with Crippen molar-refractivity contribution in [1.29, 1.82) is 0 Å². The summed E-state index contributed by atoms with van der Waals surface area (Å²) in [5.74, 6) is 0. The highest BCUT2D eigenvalue weighted by molar-refractivity contribution is 6.00. The Labute approximate surface area is 164 Å². The molecule has 3 N–H and O–H groups in total. The number of aromatic amines is 3. The second-order valence-corrected chi connectivity index (χ2v) is 6.84. The minimum absolute atomic E-state index is 0.845. The maximum Gasteiger partial charge on any atom is 0.116 e. The molecule has 0 amide bonds. The van der Waals surface area contributed by atoms with Crippen LogP contribution < -0.4 is 0 Å². The van der Waals surface area contributed by atoms with Gasteiger partial charge in [0.15, 0.2) is 0 Å². The number of nitrogens with zero attached hydrogens (tertiary/aromatic N) is 4. The number of hydrogen-bond donors (Lipinski definition) is 3. The number of hydrogen-bond acceptors (Lipinski definition) is 4. The first-order valence-corrected chi connectivity index (χ1v) is 9.23. The SMILES string of the molecule is c1ccc(-c2nccc3[nH]c(-c4n[nH]c5ccc(-c6cn[nH]c6)cc45)cc23)nc1. The lowest BCUT2D eigenvalue weighted by Crippen LogP contribution is -1.86. The van der Waals surface area contributed by atoms with E-state index in [-0.39, 0.29) is 0 Å². The van der Waals surface area contributed by atoms with Gasteiger partial charge in [0.05, 0.1) is 28.8 Å². The van der Waals surface area contributed by atoms with Crippen LogP contribution in [0.5, 0.6) is 0 Å². The molecule has 0 bridgehead atoms. The molecule has 0 aliphatic heterocycles. The molecular weight excluding hydrogens is 362 g/mol. The van der Waals surface area contributed by atoms with Crippen LogP contribution in [0, 0.1) is 0 Å². The summed E-state index contributed by atoms with van der Waals surface area (Å²) in [6.45, 7) is 0. The molecule has 0 aliphatic carbocycles. The zero-order valence-electron chi connectivity index (χ0n) is 15.2. The van der Waals surface area contributed by atoms with Gasteiger partial charge in [-0.3, -0.25) is 20.2 Å². The van der Waals surface area contributed by atoms with Crippen LogP contribution in [0.15, 0.2) is 73.3 Å². The van der Waals surface area contributed by atoms with E-state index in [9.17, 15) is 0 Å².